The van der Waals surface area contributed by atoms with Crippen LogP contribution in [0.15, 0.2) is 256 Å². The Hall–Kier alpha value is -11.8. The molecule has 114 heavy (non-hydrogen) atoms. The molecule has 0 aliphatic heterocycles. The molecule has 0 amide bonds. The van der Waals surface area contributed by atoms with Crippen LogP contribution in [0.5, 0.6) is 0 Å². The molecule has 0 saturated heterocycles. The van der Waals surface area contributed by atoms with Crippen LogP contribution in [0.3, 0.4) is 0 Å². The van der Waals surface area contributed by atoms with Crippen LogP contribution in [0, 0.1) is 41.5 Å². The van der Waals surface area contributed by atoms with Crippen molar-refractivity contribution in [2.45, 2.75) is 208 Å². The van der Waals surface area contributed by atoms with Crippen molar-refractivity contribution >= 4 is 131 Å². The van der Waals surface area contributed by atoms with E-state index in [-0.39, 0.29) is 0 Å². The number of aryl methyl sites for hydroxylation is 6. The average molecular weight is 1530 g/mol. The Labute approximate surface area is 684 Å². The Kier molecular flexibility index (Phi) is 51.2. The second-order valence-corrected chi connectivity index (χ2v) is 22.3. The average Bonchev–Trinajstić information content (AvgIpc) is 0.834. The highest BCUT2D eigenvalue weighted by Crippen LogP contribution is 2.29. The molecule has 18 rings (SSSR count). The molecule has 0 aliphatic carbocycles. The van der Waals surface area contributed by atoms with Gasteiger partial charge in [-0.3, -0.25) is 59.8 Å². The number of nitrogens with zero attached hydrogens (tertiary/aromatic N) is 12. The van der Waals surface area contributed by atoms with Crippen molar-refractivity contribution in [1.29, 1.82) is 0 Å². The van der Waals surface area contributed by atoms with Crippen LogP contribution in [-0.2, 0) is 0 Å². The van der Waals surface area contributed by atoms with E-state index in [2.05, 4.69) is 166 Å². The fourth-order valence-electron chi connectivity index (χ4n) is 11.1. The molecule has 0 bridgehead atoms. The third-order valence-corrected chi connectivity index (χ3v) is 15.5. The first-order valence-corrected chi connectivity index (χ1v) is 41.7. The Morgan fingerprint density at radius 2 is 0.526 bits per heavy atom. The van der Waals surface area contributed by atoms with E-state index < -0.39 is 0 Å². The van der Waals surface area contributed by atoms with Gasteiger partial charge in [0, 0.05) is 150 Å². The highest BCUT2D eigenvalue weighted by Gasteiger charge is 2.08. The van der Waals surface area contributed by atoms with Gasteiger partial charge in [0.2, 0.25) is 0 Å². The van der Waals surface area contributed by atoms with Crippen LogP contribution < -0.4 is 0 Å². The van der Waals surface area contributed by atoms with Gasteiger partial charge < -0.3 is 0 Å². The minimum Gasteiger partial charge on any atom is -0.264 e. The van der Waals surface area contributed by atoms with Crippen LogP contribution in [-0.4, -0.2) is 59.8 Å². The Bertz CT molecular complexity index is 4780. The number of hydrogen-bond donors (Lipinski definition) is 0. The molecule has 0 N–H and O–H groups in total. The summed E-state index contributed by atoms with van der Waals surface area (Å²) < 4.78 is 0. The topological polar surface area (TPSA) is 155 Å². The zero-order valence-electron chi connectivity index (χ0n) is 74.6. The summed E-state index contributed by atoms with van der Waals surface area (Å²) in [4.78, 5) is 52.5. The molecule has 18 aromatic rings. The van der Waals surface area contributed by atoms with Crippen molar-refractivity contribution < 1.29 is 0 Å². The van der Waals surface area contributed by atoms with Crippen LogP contribution >= 0.6 is 0 Å². The van der Waals surface area contributed by atoms with Gasteiger partial charge in [-0.15, -0.1) is 0 Å². The van der Waals surface area contributed by atoms with Crippen LogP contribution in [0.4, 0.5) is 0 Å². The number of fused-ring (bicyclic) bond motifs is 18. The Morgan fingerprint density at radius 1 is 0.175 bits per heavy atom. The largest absolute Gasteiger partial charge is 0.264 e. The SMILES string of the molecule is CC.CC.CC.CC.CC.CC.CC.CC.CC.CC.CC.CC.Cc1ccc2cnc3ccccc3c2n1.Cc1ccc2ncc3ccccc3c2n1.Cc1cnc2ccc3cccnc3c2c1.Cc1cnc2ccc3ccncc3c2c1.Cc1cnc2ccc3cnccc3c2c1.Cc1cnc2ccc3ncccc3c2c1. The standard InChI is InChI=1S/6C13H10N2.12C2H6/c1-9-6-12-11-4-5-14-8-10(11)2-3-13(12)15-7-9;1-9-6-11-12-8-14-5-4-10(12)2-3-13(11)15-7-9;1-9-7-11-10-3-2-6-14-12(10)4-5-13(11)15-8-9;1-9-7-11-12(15-8-9)5-4-10-3-2-6-14-13(10)11;1-9-6-7-10-8-14-12-5-3-2-4-11(12)13(10)15-9;1-9-6-7-12-13(15-9)11-5-3-2-4-10(11)8-14-12;12*1-2/h6*2-8H,1H3;12*1-2H3. The zero-order valence-corrected chi connectivity index (χ0v) is 74.6. The summed E-state index contributed by atoms with van der Waals surface area (Å²) in [5.41, 5.74) is 16.9. The van der Waals surface area contributed by atoms with E-state index in [9.17, 15) is 0 Å². The Balaban J connectivity index is 0.000000648. The fraction of sp³-hybridized carbons (Fsp3) is 0.294. The number of aromatic nitrogens is 12. The van der Waals surface area contributed by atoms with Gasteiger partial charge >= 0.3 is 0 Å². The van der Waals surface area contributed by atoms with E-state index in [0.29, 0.717) is 0 Å². The summed E-state index contributed by atoms with van der Waals surface area (Å²) in [6.45, 7) is 60.2. The molecule has 0 fully saturated rings. The van der Waals surface area contributed by atoms with Gasteiger partial charge in [0.25, 0.3) is 0 Å². The maximum Gasteiger partial charge on any atom is 0.0968 e. The molecule has 0 spiro atoms. The summed E-state index contributed by atoms with van der Waals surface area (Å²) in [7, 11) is 0. The number of hydrogen-bond acceptors (Lipinski definition) is 12. The van der Waals surface area contributed by atoms with E-state index in [4.69, 9.17) is 0 Å². The van der Waals surface area contributed by atoms with Gasteiger partial charge in [0.15, 0.2) is 0 Å². The zero-order chi connectivity index (χ0) is 85.5. The molecule has 600 valence electrons. The second-order valence-electron chi connectivity index (χ2n) is 22.3. The molecule has 6 aromatic carbocycles. The first kappa shape index (κ1) is 100. The van der Waals surface area contributed by atoms with Crippen molar-refractivity contribution in [2.24, 2.45) is 0 Å². The first-order chi connectivity index (χ1) is 56.1. The Morgan fingerprint density at radius 3 is 1.11 bits per heavy atom. The molecule has 0 aliphatic rings. The lowest BCUT2D eigenvalue weighted by Crippen LogP contribution is -1.87. The van der Waals surface area contributed by atoms with Crippen molar-refractivity contribution in [3.05, 3.63) is 290 Å². The summed E-state index contributed by atoms with van der Waals surface area (Å²) >= 11 is 0. The first-order valence-electron chi connectivity index (χ1n) is 41.7. The van der Waals surface area contributed by atoms with Gasteiger partial charge in [-0.1, -0.05) is 239 Å². The number of para-hydroxylation sites is 1. The monoisotopic (exact) mass is 1530 g/mol. The molecular weight excluding hydrogens is 1390 g/mol. The van der Waals surface area contributed by atoms with Gasteiger partial charge in [-0.2, -0.15) is 0 Å². The molecule has 12 nitrogen and oxygen atoms in total. The maximum absolute atomic E-state index is 4.56. The number of pyridine rings is 12. The molecule has 0 saturated carbocycles. The molecule has 0 unspecified atom stereocenters. The van der Waals surface area contributed by atoms with E-state index in [1.165, 1.54) is 65.3 Å². The summed E-state index contributed by atoms with van der Waals surface area (Å²) in [6.07, 6.45) is 22.4. The van der Waals surface area contributed by atoms with Crippen LogP contribution in [0.2, 0.25) is 0 Å². The van der Waals surface area contributed by atoms with Crippen molar-refractivity contribution in [2.75, 3.05) is 0 Å². The van der Waals surface area contributed by atoms with E-state index in [0.717, 1.165) is 98.9 Å². The minimum atomic E-state index is 0.958. The second kappa shape index (κ2) is 58.2. The van der Waals surface area contributed by atoms with Crippen LogP contribution in [0.25, 0.3) is 131 Å². The third-order valence-electron chi connectivity index (χ3n) is 15.5. The van der Waals surface area contributed by atoms with Crippen LogP contribution in [0.1, 0.15) is 200 Å². The smallest absolute Gasteiger partial charge is 0.0968 e. The van der Waals surface area contributed by atoms with Gasteiger partial charge in [-0.05, 0) is 184 Å². The summed E-state index contributed by atoms with van der Waals surface area (Å²) in [6, 6.07) is 61.5. The summed E-state index contributed by atoms with van der Waals surface area (Å²) in [5.74, 6) is 0. The predicted molar refractivity (Wildman–Crippen MR) is 507 cm³/mol. The third kappa shape index (κ3) is 28.5. The predicted octanol–water partition coefficient (Wildman–Crippen LogP) is 30.9. The molecule has 12 heterocycles. The van der Waals surface area contributed by atoms with Gasteiger partial charge in [0.1, 0.15) is 0 Å². The van der Waals surface area contributed by atoms with E-state index >= 15 is 0 Å². The highest BCUT2D eigenvalue weighted by molar-refractivity contribution is 6.09. The lowest BCUT2D eigenvalue weighted by Gasteiger charge is -2.03. The molecule has 0 radical (unpaired) electrons. The molecule has 12 heteroatoms. The van der Waals surface area contributed by atoms with Crippen molar-refractivity contribution in [3.8, 4) is 0 Å². The number of benzene rings is 6. The lowest BCUT2D eigenvalue weighted by molar-refractivity contribution is 1.25. The quantitative estimate of drug-likeness (QED) is 0.133. The molecular formula is C102H132N12. The minimum absolute atomic E-state index is 0.958. The lowest BCUT2D eigenvalue weighted by atomic mass is 10.1. The summed E-state index contributed by atoms with van der Waals surface area (Å²) in [5, 5.41) is 16.3. The van der Waals surface area contributed by atoms with Gasteiger partial charge in [0.05, 0.1) is 55.2 Å². The van der Waals surface area contributed by atoms with Crippen molar-refractivity contribution in [3.63, 3.8) is 0 Å². The number of rotatable bonds is 0. The normalized spacial score (nSPS) is 9.32. The molecule has 12 aromatic heterocycles. The van der Waals surface area contributed by atoms with E-state index in [1.54, 1.807) is 0 Å². The maximum atomic E-state index is 4.56. The molecule has 0 atom stereocenters. The van der Waals surface area contributed by atoms with E-state index in [1.807, 2.05) is 358 Å². The van der Waals surface area contributed by atoms with Crippen molar-refractivity contribution in [1.82, 2.24) is 59.8 Å². The fourth-order valence-corrected chi connectivity index (χ4v) is 11.1. The highest BCUT2D eigenvalue weighted by atomic mass is 14.8. The van der Waals surface area contributed by atoms with Gasteiger partial charge in [-0.25, -0.2) is 0 Å².